The molecule has 2 heterocycles. The number of aromatic nitrogens is 2. The average molecular weight is 370 g/mol. The maximum Gasteiger partial charge on any atom is 0.321 e. The monoisotopic (exact) mass is 369 g/mol. The highest BCUT2D eigenvalue weighted by atomic mass is 35.5. The molecule has 0 bridgehead atoms. The first kappa shape index (κ1) is 16.6. The van der Waals surface area contributed by atoms with Crippen molar-refractivity contribution in [1.29, 1.82) is 0 Å². The number of imidazole rings is 1. The van der Waals surface area contributed by atoms with Crippen molar-refractivity contribution in [2.75, 3.05) is 11.9 Å². The number of fused-ring (bicyclic) bond motifs is 3. The summed E-state index contributed by atoms with van der Waals surface area (Å²) in [5.74, 6) is -1.59. The standard InChI is InChI=1S/C19H16ClN3O3/c1-2-26-18(25)15-16(11-7-9-12(20)10-8-11)23-14-6-4-3-5-13(14)21-19(23)22-17(15)24/h3-10,15-16H,2H2,1H3,(H,21,22,24)/t15-,16-/m0/s1. The molecule has 26 heavy (non-hydrogen) atoms. The molecule has 0 aliphatic carbocycles. The van der Waals surface area contributed by atoms with E-state index in [2.05, 4.69) is 10.3 Å². The van der Waals surface area contributed by atoms with E-state index in [9.17, 15) is 9.59 Å². The lowest BCUT2D eigenvalue weighted by molar-refractivity contribution is -0.152. The van der Waals surface area contributed by atoms with Gasteiger partial charge in [-0.3, -0.25) is 14.9 Å². The summed E-state index contributed by atoms with van der Waals surface area (Å²) in [7, 11) is 0. The van der Waals surface area contributed by atoms with E-state index in [4.69, 9.17) is 16.3 Å². The maximum atomic E-state index is 12.7. The molecule has 0 fully saturated rings. The third-order valence-electron chi connectivity index (χ3n) is 4.46. The molecule has 3 aromatic rings. The number of ether oxygens (including phenoxy) is 1. The number of benzene rings is 2. The SMILES string of the molecule is CCOC(=O)[C@@H]1C(=O)Nc2nc3ccccc3n2[C@H]1c1ccc(Cl)cc1. The molecule has 7 heteroatoms. The maximum absolute atomic E-state index is 12.7. The second-order valence-corrected chi connectivity index (χ2v) is 6.45. The van der Waals surface area contributed by atoms with Gasteiger partial charge in [0.1, 0.15) is 0 Å². The third-order valence-corrected chi connectivity index (χ3v) is 4.71. The van der Waals surface area contributed by atoms with E-state index in [0.717, 1.165) is 16.6 Å². The highest BCUT2D eigenvalue weighted by Crippen LogP contribution is 2.38. The van der Waals surface area contributed by atoms with E-state index in [0.29, 0.717) is 11.0 Å². The Bertz CT molecular complexity index is 997. The van der Waals surface area contributed by atoms with Crippen molar-refractivity contribution in [3.05, 3.63) is 59.1 Å². The molecule has 1 amide bonds. The van der Waals surface area contributed by atoms with E-state index in [1.807, 2.05) is 41.0 Å². The molecule has 1 aromatic heterocycles. The number of rotatable bonds is 3. The van der Waals surface area contributed by atoms with Crippen LogP contribution in [0.5, 0.6) is 0 Å². The second kappa shape index (κ2) is 6.46. The second-order valence-electron chi connectivity index (χ2n) is 6.01. The summed E-state index contributed by atoms with van der Waals surface area (Å²) >= 11 is 6.01. The van der Waals surface area contributed by atoms with Gasteiger partial charge in [-0.15, -0.1) is 0 Å². The van der Waals surface area contributed by atoms with Crippen molar-refractivity contribution in [1.82, 2.24) is 9.55 Å². The Morgan fingerprint density at radius 3 is 2.69 bits per heavy atom. The van der Waals surface area contributed by atoms with Crippen molar-refractivity contribution in [2.24, 2.45) is 5.92 Å². The molecule has 4 rings (SSSR count). The summed E-state index contributed by atoms with van der Waals surface area (Å²) in [6.07, 6.45) is 0. The fourth-order valence-corrected chi connectivity index (χ4v) is 3.49. The quantitative estimate of drug-likeness (QED) is 0.567. The Hall–Kier alpha value is -2.86. The number of halogens is 1. The van der Waals surface area contributed by atoms with Gasteiger partial charge in [-0.25, -0.2) is 4.98 Å². The number of esters is 1. The minimum absolute atomic E-state index is 0.202. The smallest absolute Gasteiger partial charge is 0.321 e. The van der Waals surface area contributed by atoms with Crippen LogP contribution in [0.25, 0.3) is 11.0 Å². The van der Waals surface area contributed by atoms with Crippen LogP contribution in [0, 0.1) is 5.92 Å². The number of hydrogen-bond donors (Lipinski definition) is 1. The lowest BCUT2D eigenvalue weighted by Gasteiger charge is -2.32. The zero-order chi connectivity index (χ0) is 18.3. The van der Waals surface area contributed by atoms with Gasteiger partial charge < -0.3 is 9.30 Å². The molecule has 1 aliphatic heterocycles. The van der Waals surface area contributed by atoms with Crippen molar-refractivity contribution >= 4 is 40.5 Å². The van der Waals surface area contributed by atoms with E-state index >= 15 is 0 Å². The largest absolute Gasteiger partial charge is 0.465 e. The van der Waals surface area contributed by atoms with Gasteiger partial charge in [0.2, 0.25) is 11.9 Å². The Kier molecular flexibility index (Phi) is 4.12. The predicted octanol–water partition coefficient (Wildman–Crippen LogP) is 3.41. The minimum atomic E-state index is -1.01. The first-order valence-corrected chi connectivity index (χ1v) is 8.68. The number of para-hydroxylation sites is 2. The van der Waals surface area contributed by atoms with Crippen molar-refractivity contribution in [3.63, 3.8) is 0 Å². The topological polar surface area (TPSA) is 73.2 Å². The van der Waals surface area contributed by atoms with Crippen molar-refractivity contribution < 1.29 is 14.3 Å². The molecule has 1 N–H and O–H groups in total. The fourth-order valence-electron chi connectivity index (χ4n) is 3.36. The van der Waals surface area contributed by atoms with Gasteiger partial charge in [0, 0.05) is 5.02 Å². The van der Waals surface area contributed by atoms with Crippen LogP contribution in [0.3, 0.4) is 0 Å². The third kappa shape index (κ3) is 2.63. The summed E-state index contributed by atoms with van der Waals surface area (Å²) in [5, 5.41) is 3.32. The van der Waals surface area contributed by atoms with Gasteiger partial charge in [-0.05, 0) is 36.8 Å². The van der Waals surface area contributed by atoms with E-state index in [-0.39, 0.29) is 6.61 Å². The Labute approximate surface area is 154 Å². The highest BCUT2D eigenvalue weighted by Gasteiger charge is 2.44. The van der Waals surface area contributed by atoms with Gasteiger partial charge in [0.05, 0.1) is 23.7 Å². The van der Waals surface area contributed by atoms with Crippen LogP contribution >= 0.6 is 11.6 Å². The zero-order valence-electron chi connectivity index (χ0n) is 14.0. The number of nitrogens with one attached hydrogen (secondary N) is 1. The van der Waals surface area contributed by atoms with Gasteiger partial charge in [0.25, 0.3) is 0 Å². The van der Waals surface area contributed by atoms with E-state index in [1.54, 1.807) is 19.1 Å². The van der Waals surface area contributed by atoms with Gasteiger partial charge in [-0.2, -0.15) is 0 Å². The highest BCUT2D eigenvalue weighted by molar-refractivity contribution is 6.30. The number of carbonyl (C=O) groups excluding carboxylic acids is 2. The van der Waals surface area contributed by atoms with Crippen molar-refractivity contribution in [3.8, 4) is 0 Å². The number of amides is 1. The van der Waals surface area contributed by atoms with Crippen LogP contribution < -0.4 is 5.32 Å². The molecule has 1 aliphatic rings. The summed E-state index contributed by atoms with van der Waals surface area (Å²) < 4.78 is 7.05. The Morgan fingerprint density at radius 2 is 1.96 bits per heavy atom. The summed E-state index contributed by atoms with van der Waals surface area (Å²) in [4.78, 5) is 29.8. The summed E-state index contributed by atoms with van der Waals surface area (Å²) in [6.45, 7) is 1.92. The van der Waals surface area contributed by atoms with E-state index in [1.165, 1.54) is 0 Å². The lowest BCUT2D eigenvalue weighted by atomic mass is 9.90. The zero-order valence-corrected chi connectivity index (χ0v) is 14.7. The molecule has 0 radical (unpaired) electrons. The number of carbonyl (C=O) groups is 2. The van der Waals surface area contributed by atoms with Crippen LogP contribution in [-0.2, 0) is 14.3 Å². The molecule has 2 aromatic carbocycles. The summed E-state index contributed by atoms with van der Waals surface area (Å²) in [6, 6.07) is 14.1. The Morgan fingerprint density at radius 1 is 1.23 bits per heavy atom. The normalized spacial score (nSPS) is 19.1. The average Bonchev–Trinajstić information content (AvgIpc) is 2.99. The fraction of sp³-hybridized carbons (Fsp3) is 0.211. The molecule has 0 unspecified atom stereocenters. The minimum Gasteiger partial charge on any atom is -0.465 e. The van der Waals surface area contributed by atoms with Crippen LogP contribution in [0.15, 0.2) is 48.5 Å². The van der Waals surface area contributed by atoms with Crippen LogP contribution in [0.1, 0.15) is 18.5 Å². The molecule has 6 nitrogen and oxygen atoms in total. The van der Waals surface area contributed by atoms with Crippen LogP contribution in [-0.4, -0.2) is 28.0 Å². The number of hydrogen-bond acceptors (Lipinski definition) is 4. The van der Waals surface area contributed by atoms with Crippen LogP contribution in [0.4, 0.5) is 5.95 Å². The number of nitrogens with zero attached hydrogens (tertiary/aromatic N) is 2. The van der Waals surface area contributed by atoms with Gasteiger partial charge in [-0.1, -0.05) is 35.9 Å². The molecular formula is C19H16ClN3O3. The summed E-state index contributed by atoms with van der Waals surface area (Å²) in [5.41, 5.74) is 2.36. The van der Waals surface area contributed by atoms with Crippen LogP contribution in [0.2, 0.25) is 5.02 Å². The molecule has 0 saturated heterocycles. The van der Waals surface area contributed by atoms with Gasteiger partial charge in [0.15, 0.2) is 5.92 Å². The first-order chi connectivity index (χ1) is 12.6. The molecule has 2 atom stereocenters. The molecule has 0 saturated carbocycles. The first-order valence-electron chi connectivity index (χ1n) is 8.30. The molecule has 132 valence electrons. The van der Waals surface area contributed by atoms with E-state index < -0.39 is 23.8 Å². The molecule has 0 spiro atoms. The number of anilines is 1. The predicted molar refractivity (Wildman–Crippen MR) is 98.1 cm³/mol. The van der Waals surface area contributed by atoms with Crippen molar-refractivity contribution in [2.45, 2.75) is 13.0 Å². The lowest BCUT2D eigenvalue weighted by Crippen LogP contribution is -2.43. The Balaban J connectivity index is 1.95. The molecular weight excluding hydrogens is 354 g/mol. The van der Waals surface area contributed by atoms with Gasteiger partial charge >= 0.3 is 5.97 Å².